The number of H-pyrrole nitrogens is 1. The van der Waals surface area contributed by atoms with Crippen LogP contribution in [0.4, 0.5) is 0 Å². The van der Waals surface area contributed by atoms with Crippen LogP contribution in [-0.4, -0.2) is 50.7 Å². The molecule has 5 rings (SSSR count). The number of likely N-dealkylation sites (tertiary alicyclic amines) is 1. The van der Waals surface area contributed by atoms with Crippen LogP contribution in [0.1, 0.15) is 56.1 Å². The van der Waals surface area contributed by atoms with Crippen molar-refractivity contribution in [2.75, 3.05) is 19.6 Å². The molecule has 0 spiro atoms. The number of benzene rings is 1. The molecule has 0 bridgehead atoms. The van der Waals surface area contributed by atoms with Gasteiger partial charge in [0, 0.05) is 50.2 Å². The number of hydrogen-bond donors (Lipinski definition) is 1. The van der Waals surface area contributed by atoms with Gasteiger partial charge in [-0.15, -0.1) is 0 Å². The van der Waals surface area contributed by atoms with E-state index in [0.29, 0.717) is 0 Å². The minimum atomic E-state index is 0.726. The molecular weight excluding hydrogens is 406 g/mol. The Balaban J connectivity index is 1.31. The Morgan fingerprint density at radius 1 is 0.909 bits per heavy atom. The van der Waals surface area contributed by atoms with Gasteiger partial charge in [0.05, 0.1) is 11.9 Å². The third-order valence-electron chi connectivity index (χ3n) is 7.46. The van der Waals surface area contributed by atoms with E-state index in [1.807, 2.05) is 24.7 Å². The van der Waals surface area contributed by atoms with E-state index in [-0.39, 0.29) is 0 Å². The molecule has 1 N–H and O–H groups in total. The van der Waals surface area contributed by atoms with Crippen molar-refractivity contribution in [2.45, 2.75) is 64.1 Å². The van der Waals surface area contributed by atoms with Crippen molar-refractivity contribution in [1.29, 1.82) is 0 Å². The molecule has 2 aliphatic rings. The Kier molecular flexibility index (Phi) is 7.49. The molecule has 1 saturated carbocycles. The highest BCUT2D eigenvalue weighted by atomic mass is 15.2. The van der Waals surface area contributed by atoms with Crippen molar-refractivity contribution in [3.63, 3.8) is 0 Å². The van der Waals surface area contributed by atoms with Crippen molar-refractivity contribution < 1.29 is 0 Å². The maximum absolute atomic E-state index is 4.41. The number of nitrogens with zero attached hydrogens (tertiary/aromatic N) is 4. The fraction of sp³-hybridized carbons (Fsp3) is 0.500. The third-order valence-corrected chi connectivity index (χ3v) is 7.46. The highest BCUT2D eigenvalue weighted by Crippen LogP contribution is 2.29. The lowest BCUT2D eigenvalue weighted by atomic mass is 9.90. The highest BCUT2D eigenvalue weighted by Gasteiger charge is 2.28. The minimum Gasteiger partial charge on any atom is -0.300 e. The van der Waals surface area contributed by atoms with Gasteiger partial charge in [-0.1, -0.05) is 55.7 Å². The largest absolute Gasteiger partial charge is 0.300 e. The van der Waals surface area contributed by atoms with Crippen LogP contribution in [0.3, 0.4) is 0 Å². The molecule has 5 heteroatoms. The quantitative estimate of drug-likeness (QED) is 0.498. The second-order valence-electron chi connectivity index (χ2n) is 9.96. The van der Waals surface area contributed by atoms with E-state index in [4.69, 9.17) is 0 Å². The number of nitrogens with one attached hydrogen (secondary N) is 1. The summed E-state index contributed by atoms with van der Waals surface area (Å²) in [4.78, 5) is 9.80. The average molecular weight is 444 g/mol. The number of rotatable bonds is 8. The Bertz CT molecular complexity index is 964. The van der Waals surface area contributed by atoms with Crippen molar-refractivity contribution >= 4 is 0 Å². The number of piperidine rings is 1. The second-order valence-corrected chi connectivity index (χ2v) is 9.96. The van der Waals surface area contributed by atoms with Gasteiger partial charge in [0.1, 0.15) is 0 Å². The van der Waals surface area contributed by atoms with E-state index in [0.717, 1.165) is 37.3 Å². The predicted octanol–water partition coefficient (Wildman–Crippen LogP) is 5.52. The van der Waals surface area contributed by atoms with Crippen LogP contribution in [0.25, 0.3) is 11.3 Å². The van der Waals surface area contributed by atoms with Crippen molar-refractivity contribution in [1.82, 2.24) is 25.0 Å². The van der Waals surface area contributed by atoms with Crippen LogP contribution >= 0.6 is 0 Å². The maximum Gasteiger partial charge on any atom is 0.0695 e. The van der Waals surface area contributed by atoms with Crippen molar-refractivity contribution in [3.05, 3.63) is 72.2 Å². The van der Waals surface area contributed by atoms with E-state index >= 15 is 0 Å². The lowest BCUT2D eigenvalue weighted by molar-refractivity contribution is 0.0772. The third kappa shape index (κ3) is 5.90. The van der Waals surface area contributed by atoms with Gasteiger partial charge in [-0.25, -0.2) is 0 Å². The van der Waals surface area contributed by atoms with Crippen LogP contribution in [0.15, 0.2) is 61.1 Å². The lowest BCUT2D eigenvalue weighted by Gasteiger charge is -2.41. The normalized spacial score (nSPS) is 20.3. The fourth-order valence-electron chi connectivity index (χ4n) is 5.85. The van der Waals surface area contributed by atoms with Crippen LogP contribution in [0.2, 0.25) is 0 Å². The topological polar surface area (TPSA) is 48.1 Å². The molecule has 174 valence electrons. The molecule has 1 saturated heterocycles. The van der Waals surface area contributed by atoms with Gasteiger partial charge in [-0.2, -0.15) is 5.10 Å². The van der Waals surface area contributed by atoms with E-state index in [1.54, 1.807) is 0 Å². The summed E-state index contributed by atoms with van der Waals surface area (Å²) in [7, 11) is 0. The first-order valence-corrected chi connectivity index (χ1v) is 12.8. The van der Waals surface area contributed by atoms with E-state index < -0.39 is 0 Å². The standard InChI is InChI=1S/C28H37N5/c1-3-11-25(12-4-1)28-26(18-30-31-28)22-32(19-23-9-7-15-29-17-23)20-24-10-8-16-33(21-24)27-13-5-2-6-14-27/h1,3-4,7,9,11-12,15,17-18,24,27H,2,5-6,8,10,13-14,16,19-22H2,(H,30,31). The van der Waals surface area contributed by atoms with E-state index in [1.165, 1.54) is 74.7 Å². The van der Waals surface area contributed by atoms with Gasteiger partial charge in [-0.05, 0) is 55.3 Å². The summed E-state index contributed by atoms with van der Waals surface area (Å²) in [5.74, 6) is 0.726. The van der Waals surface area contributed by atoms with Crippen molar-refractivity contribution in [3.8, 4) is 11.3 Å². The Labute approximate surface area is 198 Å². The van der Waals surface area contributed by atoms with Crippen LogP contribution < -0.4 is 0 Å². The van der Waals surface area contributed by atoms with Gasteiger partial charge in [0.25, 0.3) is 0 Å². The van der Waals surface area contributed by atoms with Gasteiger partial charge >= 0.3 is 0 Å². The summed E-state index contributed by atoms with van der Waals surface area (Å²) in [6, 6.07) is 15.6. The Hall–Kier alpha value is -2.50. The minimum absolute atomic E-state index is 0.726. The smallest absolute Gasteiger partial charge is 0.0695 e. The molecule has 3 heterocycles. The van der Waals surface area contributed by atoms with Crippen molar-refractivity contribution in [2.24, 2.45) is 5.92 Å². The van der Waals surface area contributed by atoms with Gasteiger partial charge in [0.15, 0.2) is 0 Å². The predicted molar refractivity (Wildman–Crippen MR) is 134 cm³/mol. The molecule has 1 aliphatic carbocycles. The summed E-state index contributed by atoms with van der Waals surface area (Å²) in [5, 5.41) is 7.65. The molecule has 2 fully saturated rings. The molecule has 2 aromatic heterocycles. The van der Waals surface area contributed by atoms with Crippen LogP contribution in [-0.2, 0) is 13.1 Å². The first-order chi connectivity index (χ1) is 16.3. The Morgan fingerprint density at radius 3 is 2.61 bits per heavy atom. The summed E-state index contributed by atoms with van der Waals surface area (Å²) in [6.45, 7) is 5.50. The zero-order chi connectivity index (χ0) is 22.3. The number of aromatic amines is 1. The number of pyridine rings is 1. The SMILES string of the molecule is c1ccc(-c2[nH]ncc2CN(Cc2cccnc2)CC2CCCN(C3CCCCC3)C2)cc1. The maximum atomic E-state index is 4.41. The molecule has 5 nitrogen and oxygen atoms in total. The summed E-state index contributed by atoms with van der Waals surface area (Å²) in [6.07, 6.45) is 15.6. The van der Waals surface area contributed by atoms with E-state index in [2.05, 4.69) is 61.4 Å². The first-order valence-electron chi connectivity index (χ1n) is 12.8. The molecule has 1 aliphatic heterocycles. The molecule has 0 radical (unpaired) electrons. The van der Waals surface area contributed by atoms with Gasteiger partial charge in [-0.3, -0.25) is 15.0 Å². The summed E-state index contributed by atoms with van der Waals surface area (Å²) in [5.41, 5.74) is 4.89. The number of aromatic nitrogens is 3. The zero-order valence-corrected chi connectivity index (χ0v) is 19.7. The summed E-state index contributed by atoms with van der Waals surface area (Å²) >= 11 is 0. The fourth-order valence-corrected chi connectivity index (χ4v) is 5.85. The average Bonchev–Trinajstić information content (AvgIpc) is 3.34. The van der Waals surface area contributed by atoms with Gasteiger partial charge < -0.3 is 4.90 Å². The molecular formula is C28H37N5. The monoisotopic (exact) mass is 443 g/mol. The highest BCUT2D eigenvalue weighted by molar-refractivity contribution is 5.62. The lowest BCUT2D eigenvalue weighted by Crippen LogP contribution is -2.46. The first kappa shape index (κ1) is 22.3. The Morgan fingerprint density at radius 2 is 1.79 bits per heavy atom. The molecule has 1 unspecified atom stereocenters. The van der Waals surface area contributed by atoms with E-state index in [9.17, 15) is 0 Å². The molecule has 33 heavy (non-hydrogen) atoms. The number of hydrogen-bond acceptors (Lipinski definition) is 4. The zero-order valence-electron chi connectivity index (χ0n) is 19.7. The molecule has 1 aromatic carbocycles. The van der Waals surface area contributed by atoms with Gasteiger partial charge in [0.2, 0.25) is 0 Å². The molecule has 3 aromatic rings. The van der Waals surface area contributed by atoms with Crippen LogP contribution in [0.5, 0.6) is 0 Å². The van der Waals surface area contributed by atoms with Crippen LogP contribution in [0, 0.1) is 5.92 Å². The summed E-state index contributed by atoms with van der Waals surface area (Å²) < 4.78 is 0. The molecule has 0 amide bonds. The second kappa shape index (κ2) is 11.1. The molecule has 1 atom stereocenters.